The van der Waals surface area contributed by atoms with Crippen LogP contribution in [0.5, 0.6) is 0 Å². The standard InChI is InChI=1S/C26H18F3N3O2/c1-25(2)8-9-32-21-13(4-3-5-14(21)25)17-19-18(23(33)31-24(19)34)16-12-7-6-11(26(27,28)29)10-15(12)30-20(16)22(17)32/h3-7,10,30H,8-9H2,1-2H3,(H,31,33,34). The van der Waals surface area contributed by atoms with Crippen LogP contribution in [0.15, 0.2) is 36.4 Å². The molecule has 3 aromatic carbocycles. The Hall–Kier alpha value is -3.81. The molecule has 8 heteroatoms. The second-order valence-corrected chi connectivity index (χ2v) is 9.88. The maximum Gasteiger partial charge on any atom is 0.416 e. The number of hydrogen-bond donors (Lipinski definition) is 2. The predicted octanol–water partition coefficient (Wildman–Crippen LogP) is 6.01. The Morgan fingerprint density at radius 3 is 2.41 bits per heavy atom. The van der Waals surface area contributed by atoms with E-state index in [9.17, 15) is 22.8 Å². The minimum atomic E-state index is -4.49. The Kier molecular flexibility index (Phi) is 3.36. The zero-order valence-corrected chi connectivity index (χ0v) is 18.3. The number of nitrogens with one attached hydrogen (secondary N) is 2. The van der Waals surface area contributed by atoms with E-state index >= 15 is 0 Å². The number of carbonyl (C=O) groups excluding carboxylic acids is 2. The minimum Gasteiger partial charge on any atom is -0.353 e. The summed E-state index contributed by atoms with van der Waals surface area (Å²) >= 11 is 0. The van der Waals surface area contributed by atoms with Crippen molar-refractivity contribution in [1.29, 1.82) is 0 Å². The molecular weight excluding hydrogens is 443 g/mol. The van der Waals surface area contributed by atoms with E-state index in [1.807, 2.05) is 12.1 Å². The Balaban J connectivity index is 1.77. The molecule has 0 unspecified atom stereocenters. The van der Waals surface area contributed by atoms with Gasteiger partial charge in [0.05, 0.1) is 33.2 Å². The highest BCUT2D eigenvalue weighted by Gasteiger charge is 2.38. The zero-order chi connectivity index (χ0) is 23.7. The van der Waals surface area contributed by atoms with Crippen LogP contribution in [0.3, 0.4) is 0 Å². The van der Waals surface area contributed by atoms with Gasteiger partial charge in [-0.15, -0.1) is 0 Å². The van der Waals surface area contributed by atoms with E-state index in [-0.39, 0.29) is 16.5 Å². The minimum absolute atomic E-state index is 0.0771. The number of imide groups is 1. The average Bonchev–Trinajstić information content (AvgIpc) is 3.39. The number of nitrogens with zero attached hydrogens (tertiary/aromatic N) is 1. The number of H-pyrrole nitrogens is 1. The number of aromatic nitrogens is 2. The summed E-state index contributed by atoms with van der Waals surface area (Å²) in [4.78, 5) is 29.2. The first-order chi connectivity index (χ1) is 16.1. The molecule has 0 saturated carbocycles. The van der Waals surface area contributed by atoms with Crippen LogP contribution in [0.2, 0.25) is 0 Å². The summed E-state index contributed by atoms with van der Waals surface area (Å²) in [7, 11) is 0. The first-order valence-corrected chi connectivity index (χ1v) is 11.1. The van der Waals surface area contributed by atoms with Gasteiger partial charge in [0, 0.05) is 33.6 Å². The van der Waals surface area contributed by atoms with Gasteiger partial charge in [0.2, 0.25) is 0 Å². The Bertz CT molecular complexity index is 1790. The van der Waals surface area contributed by atoms with Crippen LogP contribution in [0, 0.1) is 0 Å². The van der Waals surface area contributed by atoms with Crippen molar-refractivity contribution < 1.29 is 22.8 Å². The van der Waals surface area contributed by atoms with E-state index in [0.717, 1.165) is 40.5 Å². The van der Waals surface area contributed by atoms with Crippen molar-refractivity contribution in [1.82, 2.24) is 14.9 Å². The molecule has 4 heterocycles. The van der Waals surface area contributed by atoms with E-state index in [1.54, 1.807) is 0 Å². The fraction of sp³-hybridized carbons (Fsp3) is 0.231. The number of para-hydroxylation sites is 1. The molecule has 0 saturated heterocycles. The summed E-state index contributed by atoms with van der Waals surface area (Å²) in [5.74, 6) is -1.00. The van der Waals surface area contributed by atoms with Gasteiger partial charge in [-0.3, -0.25) is 14.9 Å². The Morgan fingerprint density at radius 1 is 0.941 bits per heavy atom. The number of aryl methyl sites for hydroxylation is 1. The molecule has 2 aliphatic rings. The number of alkyl halides is 3. The summed E-state index contributed by atoms with van der Waals surface area (Å²) in [6, 6.07) is 9.45. The smallest absolute Gasteiger partial charge is 0.353 e. The normalized spacial score (nSPS) is 17.3. The maximum absolute atomic E-state index is 13.4. The van der Waals surface area contributed by atoms with Gasteiger partial charge < -0.3 is 9.55 Å². The summed E-state index contributed by atoms with van der Waals surface area (Å²) < 4.78 is 42.4. The van der Waals surface area contributed by atoms with Gasteiger partial charge in [0.15, 0.2) is 0 Å². The van der Waals surface area contributed by atoms with Gasteiger partial charge in [0.1, 0.15) is 0 Å². The maximum atomic E-state index is 13.4. The fourth-order valence-electron chi connectivity index (χ4n) is 5.96. The lowest BCUT2D eigenvalue weighted by Crippen LogP contribution is -2.25. The number of hydrogen-bond acceptors (Lipinski definition) is 2. The molecule has 34 heavy (non-hydrogen) atoms. The molecule has 0 aliphatic carbocycles. The van der Waals surface area contributed by atoms with Gasteiger partial charge in [-0.05, 0) is 29.5 Å². The molecule has 0 spiro atoms. The van der Waals surface area contributed by atoms with Crippen molar-refractivity contribution in [3.05, 3.63) is 58.7 Å². The lowest BCUT2D eigenvalue weighted by Gasteiger charge is -2.32. The van der Waals surface area contributed by atoms with Crippen LogP contribution in [-0.2, 0) is 18.1 Å². The highest BCUT2D eigenvalue weighted by Crippen LogP contribution is 2.48. The highest BCUT2D eigenvalue weighted by molar-refractivity contribution is 6.39. The third-order valence-electron chi connectivity index (χ3n) is 7.57. The van der Waals surface area contributed by atoms with E-state index in [2.05, 4.69) is 34.8 Å². The third-order valence-corrected chi connectivity index (χ3v) is 7.57. The Morgan fingerprint density at radius 2 is 1.68 bits per heavy atom. The zero-order valence-electron chi connectivity index (χ0n) is 18.3. The van der Waals surface area contributed by atoms with Gasteiger partial charge in [-0.1, -0.05) is 38.1 Å². The van der Waals surface area contributed by atoms with Crippen LogP contribution in [0.25, 0.3) is 43.6 Å². The lowest BCUT2D eigenvalue weighted by molar-refractivity contribution is -0.137. The molecule has 0 bridgehead atoms. The van der Waals surface area contributed by atoms with Crippen molar-refractivity contribution in [2.75, 3.05) is 0 Å². The summed E-state index contributed by atoms with van der Waals surface area (Å²) in [6.45, 7) is 5.05. The van der Waals surface area contributed by atoms with Crippen LogP contribution < -0.4 is 5.32 Å². The van der Waals surface area contributed by atoms with Crippen molar-refractivity contribution in [2.45, 2.75) is 38.4 Å². The number of aromatic amines is 1. The lowest BCUT2D eigenvalue weighted by atomic mass is 9.79. The molecule has 170 valence electrons. The first kappa shape index (κ1) is 19.6. The molecule has 0 fully saturated rings. The average molecular weight is 461 g/mol. The van der Waals surface area contributed by atoms with E-state index in [0.29, 0.717) is 33.8 Å². The van der Waals surface area contributed by atoms with Crippen molar-refractivity contribution in [3.8, 4) is 0 Å². The van der Waals surface area contributed by atoms with Crippen molar-refractivity contribution >= 4 is 55.4 Å². The largest absolute Gasteiger partial charge is 0.416 e. The van der Waals surface area contributed by atoms with Crippen LogP contribution in [-0.4, -0.2) is 21.4 Å². The predicted molar refractivity (Wildman–Crippen MR) is 123 cm³/mol. The van der Waals surface area contributed by atoms with Gasteiger partial charge in [-0.2, -0.15) is 13.2 Å². The molecule has 0 atom stereocenters. The molecule has 2 aromatic heterocycles. The molecule has 2 amide bonds. The summed E-state index contributed by atoms with van der Waals surface area (Å²) in [5, 5.41) is 4.93. The number of fused-ring (bicyclic) bond motifs is 10. The number of halogens is 3. The number of carbonyl (C=O) groups is 2. The van der Waals surface area contributed by atoms with Gasteiger partial charge >= 0.3 is 6.18 Å². The van der Waals surface area contributed by atoms with E-state index in [4.69, 9.17) is 0 Å². The number of amides is 2. The monoisotopic (exact) mass is 461 g/mol. The Labute approximate surface area is 190 Å². The van der Waals surface area contributed by atoms with E-state index < -0.39 is 23.6 Å². The molecule has 2 aliphatic heterocycles. The molecular formula is C26H18F3N3O2. The van der Waals surface area contributed by atoms with Crippen LogP contribution in [0.1, 0.15) is 52.1 Å². The second-order valence-electron chi connectivity index (χ2n) is 9.88. The van der Waals surface area contributed by atoms with E-state index in [1.165, 1.54) is 6.07 Å². The van der Waals surface area contributed by atoms with Crippen molar-refractivity contribution in [2.24, 2.45) is 0 Å². The summed E-state index contributed by atoms with van der Waals surface area (Å²) in [6.07, 6.45) is -3.63. The first-order valence-electron chi connectivity index (χ1n) is 11.1. The quantitative estimate of drug-likeness (QED) is 0.277. The molecule has 5 nitrogen and oxygen atoms in total. The topological polar surface area (TPSA) is 66.9 Å². The third kappa shape index (κ3) is 2.21. The van der Waals surface area contributed by atoms with Gasteiger partial charge in [-0.25, -0.2) is 0 Å². The molecule has 2 N–H and O–H groups in total. The highest BCUT2D eigenvalue weighted by atomic mass is 19.4. The number of benzene rings is 3. The number of rotatable bonds is 0. The fourth-order valence-corrected chi connectivity index (χ4v) is 5.96. The molecule has 7 rings (SSSR count). The molecule has 0 radical (unpaired) electrons. The summed E-state index contributed by atoms with van der Waals surface area (Å²) in [5.41, 5.74) is 3.43. The van der Waals surface area contributed by atoms with Crippen LogP contribution >= 0.6 is 0 Å². The second kappa shape index (κ2) is 5.81. The molecule has 5 aromatic rings. The van der Waals surface area contributed by atoms with Gasteiger partial charge in [0.25, 0.3) is 11.8 Å². The van der Waals surface area contributed by atoms with Crippen molar-refractivity contribution in [3.63, 3.8) is 0 Å². The van der Waals surface area contributed by atoms with Crippen LogP contribution in [0.4, 0.5) is 13.2 Å². The SMILES string of the molecule is CC1(C)CCn2c3c1cccc3c1c3c(c4c5ccc(C(F)(F)F)cc5[nH]c4c12)C(=O)NC3=O.